The lowest BCUT2D eigenvalue weighted by atomic mass is 10.1. The lowest BCUT2D eigenvalue weighted by molar-refractivity contribution is -0.111. The molecule has 3 aromatic heterocycles. The summed E-state index contributed by atoms with van der Waals surface area (Å²) in [5.74, 6) is 0.124. The first-order valence-corrected chi connectivity index (χ1v) is 12.3. The number of nitrogens with one attached hydrogen (secondary N) is 2. The molecule has 188 valence electrons. The van der Waals surface area contributed by atoms with Crippen LogP contribution < -0.4 is 15.5 Å². The van der Waals surface area contributed by atoms with Crippen molar-refractivity contribution in [2.45, 2.75) is 12.5 Å². The smallest absolute Gasteiger partial charge is 0.247 e. The van der Waals surface area contributed by atoms with Crippen molar-refractivity contribution < 1.29 is 4.79 Å². The van der Waals surface area contributed by atoms with Crippen LogP contribution in [0.1, 0.15) is 6.42 Å². The largest absolute Gasteiger partial charge is 0.369 e. The Morgan fingerprint density at radius 2 is 2.08 bits per heavy atom. The Morgan fingerprint density at radius 1 is 1.22 bits per heavy atom. The topological polar surface area (TPSA) is 99.2 Å². The molecule has 1 amide bonds. The van der Waals surface area contributed by atoms with Crippen molar-refractivity contribution in [1.82, 2.24) is 24.8 Å². The van der Waals surface area contributed by atoms with Gasteiger partial charge in [0, 0.05) is 55.0 Å². The summed E-state index contributed by atoms with van der Waals surface area (Å²) in [4.78, 5) is 34.5. The van der Waals surface area contributed by atoms with E-state index in [9.17, 15) is 4.79 Å². The van der Waals surface area contributed by atoms with Crippen LogP contribution in [0.25, 0.3) is 22.2 Å². The van der Waals surface area contributed by atoms with E-state index in [1.165, 1.54) is 6.08 Å². The summed E-state index contributed by atoms with van der Waals surface area (Å²) in [5.41, 5.74) is 5.35. The fourth-order valence-corrected chi connectivity index (χ4v) is 4.72. The first kappa shape index (κ1) is 24.6. The van der Waals surface area contributed by atoms with Crippen LogP contribution in [0.3, 0.4) is 0 Å². The van der Waals surface area contributed by atoms with Gasteiger partial charge >= 0.3 is 0 Å². The van der Waals surface area contributed by atoms with Gasteiger partial charge in [0.05, 0.1) is 22.6 Å². The highest BCUT2D eigenvalue weighted by molar-refractivity contribution is 6.30. The van der Waals surface area contributed by atoms with E-state index in [0.29, 0.717) is 33.7 Å². The molecule has 4 aromatic rings. The number of halogens is 1. The molecule has 4 heterocycles. The monoisotopic (exact) mass is 514 g/mol. The van der Waals surface area contributed by atoms with Crippen molar-refractivity contribution in [3.63, 3.8) is 0 Å². The van der Waals surface area contributed by atoms with E-state index >= 15 is 0 Å². The number of aromatic nitrogens is 4. The van der Waals surface area contributed by atoms with Crippen LogP contribution in [-0.4, -0.2) is 64.0 Å². The summed E-state index contributed by atoms with van der Waals surface area (Å²) < 4.78 is 0. The molecule has 9 nitrogen and oxygen atoms in total. The van der Waals surface area contributed by atoms with Crippen molar-refractivity contribution in [1.29, 1.82) is 0 Å². The number of nitrogens with zero attached hydrogens (tertiary/aromatic N) is 6. The Bertz CT molecular complexity index is 1480. The van der Waals surface area contributed by atoms with E-state index in [-0.39, 0.29) is 5.91 Å². The van der Waals surface area contributed by atoms with E-state index in [0.717, 1.165) is 42.0 Å². The van der Waals surface area contributed by atoms with Crippen molar-refractivity contribution in [2.24, 2.45) is 0 Å². The van der Waals surface area contributed by atoms with E-state index in [2.05, 4.69) is 56.1 Å². The number of fused-ring (bicyclic) bond motifs is 1. The zero-order chi connectivity index (χ0) is 25.9. The Hall–Kier alpha value is -4.08. The molecular weight excluding hydrogens is 488 g/mol. The molecule has 1 aliphatic rings. The van der Waals surface area contributed by atoms with Gasteiger partial charge in [-0.15, -0.1) is 0 Å². The number of rotatable bonds is 7. The maximum absolute atomic E-state index is 12.2. The van der Waals surface area contributed by atoms with Gasteiger partial charge in [0.15, 0.2) is 0 Å². The van der Waals surface area contributed by atoms with Gasteiger partial charge in [0.1, 0.15) is 11.0 Å². The third-order valence-electron chi connectivity index (χ3n) is 6.49. The molecule has 2 N–H and O–H groups in total. The number of pyridine rings is 2. The molecule has 37 heavy (non-hydrogen) atoms. The van der Waals surface area contributed by atoms with Gasteiger partial charge in [0.2, 0.25) is 11.9 Å². The van der Waals surface area contributed by atoms with Gasteiger partial charge in [-0.3, -0.25) is 14.8 Å². The Morgan fingerprint density at radius 3 is 2.84 bits per heavy atom. The van der Waals surface area contributed by atoms with Crippen LogP contribution in [0, 0.1) is 0 Å². The summed E-state index contributed by atoms with van der Waals surface area (Å²) in [7, 11) is 4.18. The minimum Gasteiger partial charge on any atom is -0.369 e. The molecule has 0 aliphatic carbocycles. The number of carbonyl (C=O) groups excluding carboxylic acids is 1. The van der Waals surface area contributed by atoms with Crippen LogP contribution in [0.4, 0.5) is 23.0 Å². The van der Waals surface area contributed by atoms with E-state index < -0.39 is 0 Å². The highest BCUT2D eigenvalue weighted by Gasteiger charge is 2.25. The second-order valence-electron chi connectivity index (χ2n) is 9.04. The molecular formula is C27H27ClN8O. The maximum atomic E-state index is 12.2. The van der Waals surface area contributed by atoms with Crippen LogP contribution >= 0.6 is 11.6 Å². The number of carbonyl (C=O) groups is 1. The number of benzene rings is 1. The molecule has 10 heteroatoms. The molecule has 1 aromatic carbocycles. The quantitative estimate of drug-likeness (QED) is 0.341. The van der Waals surface area contributed by atoms with Crippen LogP contribution in [0.2, 0.25) is 5.02 Å². The van der Waals surface area contributed by atoms with E-state index in [4.69, 9.17) is 16.6 Å². The van der Waals surface area contributed by atoms with Crippen LogP contribution in [-0.2, 0) is 4.79 Å². The molecule has 5 rings (SSSR count). The summed E-state index contributed by atoms with van der Waals surface area (Å²) >= 11 is 6.16. The number of amides is 1. The predicted octanol–water partition coefficient (Wildman–Crippen LogP) is 4.75. The van der Waals surface area contributed by atoms with Crippen molar-refractivity contribution >= 4 is 51.6 Å². The standard InChI is InChI=1S/C27H27ClN8O/c1-4-25(37)33-22-12-19(5-6-24(22)36(3)20-8-10-35(2)16-20)32-27-31-15-23-26(34-27)21(7-9-30-23)17-11-18(28)14-29-13-17/h4-7,9,11-15,20H,1,8,10,16H2,2-3H3,(H,33,37)(H,31,32,34). The minimum atomic E-state index is -0.275. The van der Waals surface area contributed by atoms with Gasteiger partial charge < -0.3 is 20.4 Å². The fourth-order valence-electron chi connectivity index (χ4n) is 4.55. The molecule has 1 aliphatic heterocycles. The average molecular weight is 515 g/mol. The summed E-state index contributed by atoms with van der Waals surface area (Å²) in [6.45, 7) is 5.60. The lowest BCUT2D eigenvalue weighted by Crippen LogP contribution is -2.34. The van der Waals surface area contributed by atoms with E-state index in [1.807, 2.05) is 30.3 Å². The molecule has 0 saturated carbocycles. The Labute approximate surface area is 220 Å². The molecule has 1 atom stereocenters. The molecule has 0 radical (unpaired) electrons. The molecule has 0 spiro atoms. The lowest BCUT2D eigenvalue weighted by Gasteiger charge is -2.29. The highest BCUT2D eigenvalue weighted by atomic mass is 35.5. The summed E-state index contributed by atoms with van der Waals surface area (Å²) in [6, 6.07) is 9.89. The number of hydrogen-bond donors (Lipinski definition) is 2. The van der Waals surface area contributed by atoms with Crippen molar-refractivity contribution in [3.05, 3.63) is 72.8 Å². The predicted molar refractivity (Wildman–Crippen MR) is 148 cm³/mol. The van der Waals surface area contributed by atoms with Crippen LogP contribution in [0.5, 0.6) is 0 Å². The Balaban J connectivity index is 1.48. The van der Waals surface area contributed by atoms with Gasteiger partial charge in [-0.1, -0.05) is 18.2 Å². The van der Waals surface area contributed by atoms with Gasteiger partial charge in [-0.05, 0) is 56.4 Å². The maximum Gasteiger partial charge on any atom is 0.247 e. The van der Waals surface area contributed by atoms with Crippen molar-refractivity contribution in [3.8, 4) is 11.1 Å². The molecule has 1 saturated heterocycles. The zero-order valence-electron chi connectivity index (χ0n) is 20.6. The molecule has 1 unspecified atom stereocenters. The minimum absolute atomic E-state index is 0.275. The highest BCUT2D eigenvalue weighted by Crippen LogP contribution is 2.33. The third kappa shape index (κ3) is 5.37. The SMILES string of the molecule is C=CC(=O)Nc1cc(Nc2ncc3nccc(-c4cncc(Cl)c4)c3n2)ccc1N(C)C1CCN(C)C1. The first-order valence-electron chi connectivity index (χ1n) is 11.9. The van der Waals surface area contributed by atoms with Gasteiger partial charge in [-0.25, -0.2) is 9.97 Å². The number of anilines is 4. The second kappa shape index (κ2) is 10.5. The molecule has 1 fully saturated rings. The second-order valence-corrected chi connectivity index (χ2v) is 9.48. The average Bonchev–Trinajstić information content (AvgIpc) is 3.34. The third-order valence-corrected chi connectivity index (χ3v) is 6.69. The van der Waals surface area contributed by atoms with E-state index in [1.54, 1.807) is 24.8 Å². The fraction of sp³-hybridized carbons (Fsp3) is 0.222. The molecule has 0 bridgehead atoms. The number of likely N-dealkylation sites (tertiary alicyclic amines) is 1. The summed E-state index contributed by atoms with van der Waals surface area (Å²) in [5, 5.41) is 6.75. The Kier molecular flexibility index (Phi) is 6.98. The number of likely N-dealkylation sites (N-methyl/N-ethyl adjacent to an activating group) is 2. The zero-order valence-corrected chi connectivity index (χ0v) is 21.4. The normalized spacial score (nSPS) is 15.5. The van der Waals surface area contributed by atoms with Gasteiger partial charge in [0.25, 0.3) is 0 Å². The first-order chi connectivity index (χ1) is 17.9. The van der Waals surface area contributed by atoms with Gasteiger partial charge in [-0.2, -0.15) is 0 Å². The van der Waals surface area contributed by atoms with Crippen LogP contribution in [0.15, 0.2) is 67.8 Å². The van der Waals surface area contributed by atoms with Crippen molar-refractivity contribution in [2.75, 3.05) is 42.7 Å². The summed E-state index contributed by atoms with van der Waals surface area (Å²) in [6.07, 6.45) is 9.03. The number of hydrogen-bond acceptors (Lipinski definition) is 8.